The second-order valence-electron chi connectivity index (χ2n) is 3.67. The molecule has 1 aromatic rings. The van der Waals surface area contributed by atoms with Crippen LogP contribution in [0.15, 0.2) is 42.1 Å². The van der Waals surface area contributed by atoms with E-state index in [1.165, 1.54) is 5.19 Å². The van der Waals surface area contributed by atoms with Crippen LogP contribution in [-0.4, -0.2) is 19.8 Å². The molecule has 0 atom stereocenters. The summed E-state index contributed by atoms with van der Waals surface area (Å²) in [5.41, 5.74) is 2.17. The molecule has 2 heteroatoms. The maximum atomic E-state index is 8.71. The van der Waals surface area contributed by atoms with Gasteiger partial charge in [0.05, 0.1) is 6.61 Å². The van der Waals surface area contributed by atoms with Crippen LogP contribution < -0.4 is 5.19 Å². The number of hydrogen-bond acceptors (Lipinski definition) is 1. The molecule has 13 heavy (non-hydrogen) atoms. The first-order valence-corrected chi connectivity index (χ1v) is 7.58. The number of aliphatic hydroxyl groups excluding tert-OH is 1. The Kier molecular flexibility index (Phi) is 3.45. The minimum Gasteiger partial charge on any atom is -0.392 e. The Bertz CT molecular complexity index is 277. The van der Waals surface area contributed by atoms with Gasteiger partial charge in [-0.15, -0.1) is 0 Å². The fraction of sp³-hybridized carbons (Fsp3) is 0.273. The highest BCUT2D eigenvalue weighted by Crippen LogP contribution is 2.04. The molecule has 1 N–H and O–H groups in total. The first-order chi connectivity index (χ1) is 6.17. The van der Waals surface area contributed by atoms with Gasteiger partial charge in [-0.1, -0.05) is 60.4 Å². The van der Waals surface area contributed by atoms with Crippen LogP contribution in [0.3, 0.4) is 0 Å². The molecule has 0 saturated heterocycles. The van der Waals surface area contributed by atoms with Crippen LogP contribution in [-0.2, 0) is 0 Å². The lowest BCUT2D eigenvalue weighted by molar-refractivity contribution is 0.343. The Balaban J connectivity index is 2.87. The van der Waals surface area contributed by atoms with Crippen molar-refractivity contribution in [1.29, 1.82) is 0 Å². The molecule has 0 aliphatic heterocycles. The minimum atomic E-state index is -1.44. The summed E-state index contributed by atoms with van der Waals surface area (Å²) in [7, 11) is -1.44. The van der Waals surface area contributed by atoms with Crippen molar-refractivity contribution in [2.45, 2.75) is 13.1 Å². The first kappa shape index (κ1) is 10.2. The van der Waals surface area contributed by atoms with Crippen LogP contribution in [0.1, 0.15) is 0 Å². The van der Waals surface area contributed by atoms with Crippen molar-refractivity contribution in [3.63, 3.8) is 0 Å². The van der Waals surface area contributed by atoms with Crippen molar-refractivity contribution in [1.82, 2.24) is 0 Å². The van der Waals surface area contributed by atoms with E-state index in [1.807, 2.05) is 12.1 Å². The molecular weight excluding hydrogens is 176 g/mol. The zero-order chi connectivity index (χ0) is 9.73. The molecule has 0 radical (unpaired) electrons. The Morgan fingerprint density at radius 1 is 1.23 bits per heavy atom. The van der Waals surface area contributed by atoms with Gasteiger partial charge in [-0.05, 0) is 0 Å². The molecule has 0 bridgehead atoms. The maximum absolute atomic E-state index is 8.71. The molecule has 0 aromatic heterocycles. The minimum absolute atomic E-state index is 0.142. The van der Waals surface area contributed by atoms with Gasteiger partial charge < -0.3 is 5.11 Å². The number of aliphatic hydroxyl groups is 1. The average Bonchev–Trinajstić information content (AvgIpc) is 2.16. The van der Waals surface area contributed by atoms with Gasteiger partial charge in [0, 0.05) is 0 Å². The standard InChI is InChI=1S/C11H16OSi/c1-13(2,10-6-9-12)11-7-4-3-5-8-11/h3-8,10,12H,9H2,1-2H3. The van der Waals surface area contributed by atoms with E-state index in [9.17, 15) is 0 Å². The van der Waals surface area contributed by atoms with Crippen molar-refractivity contribution in [3.05, 3.63) is 42.1 Å². The normalized spacial score (nSPS) is 12.2. The van der Waals surface area contributed by atoms with Gasteiger partial charge in [0.15, 0.2) is 0 Å². The molecule has 0 fully saturated rings. The second kappa shape index (κ2) is 4.39. The highest BCUT2D eigenvalue weighted by Gasteiger charge is 2.18. The van der Waals surface area contributed by atoms with Crippen LogP contribution >= 0.6 is 0 Å². The van der Waals surface area contributed by atoms with Crippen LogP contribution in [0.4, 0.5) is 0 Å². The van der Waals surface area contributed by atoms with Crippen LogP contribution in [0.5, 0.6) is 0 Å². The highest BCUT2D eigenvalue weighted by molar-refractivity contribution is 6.93. The smallest absolute Gasteiger partial charge is 0.103 e. The molecule has 70 valence electrons. The first-order valence-electron chi connectivity index (χ1n) is 4.51. The van der Waals surface area contributed by atoms with Gasteiger partial charge >= 0.3 is 0 Å². The van der Waals surface area contributed by atoms with E-state index in [2.05, 4.69) is 43.1 Å². The van der Waals surface area contributed by atoms with E-state index in [1.54, 1.807) is 0 Å². The lowest BCUT2D eigenvalue weighted by Gasteiger charge is -2.17. The molecule has 0 saturated carbocycles. The summed E-state index contributed by atoms with van der Waals surface area (Å²) < 4.78 is 0. The Labute approximate surface area is 80.7 Å². The molecule has 1 aromatic carbocycles. The monoisotopic (exact) mass is 192 g/mol. The third-order valence-corrected chi connectivity index (χ3v) is 5.05. The summed E-state index contributed by atoms with van der Waals surface area (Å²) in [5, 5.41) is 10.1. The van der Waals surface area contributed by atoms with E-state index < -0.39 is 8.07 Å². The second-order valence-corrected chi connectivity index (χ2v) is 8.03. The molecular formula is C11H16OSi. The van der Waals surface area contributed by atoms with Gasteiger partial charge in [0.25, 0.3) is 0 Å². The quantitative estimate of drug-likeness (QED) is 0.723. The summed E-state index contributed by atoms with van der Waals surface area (Å²) in [4.78, 5) is 0. The third kappa shape index (κ3) is 2.83. The van der Waals surface area contributed by atoms with Crippen LogP contribution in [0, 0.1) is 0 Å². The fourth-order valence-corrected chi connectivity index (χ4v) is 3.25. The molecule has 0 aliphatic carbocycles. The Morgan fingerprint density at radius 2 is 1.85 bits per heavy atom. The van der Waals surface area contributed by atoms with Gasteiger partial charge in [0.1, 0.15) is 8.07 Å². The molecule has 0 heterocycles. The molecule has 0 unspecified atom stereocenters. The van der Waals surface area contributed by atoms with Crippen molar-refractivity contribution in [2.24, 2.45) is 0 Å². The predicted molar refractivity (Wildman–Crippen MR) is 59.8 cm³/mol. The number of rotatable bonds is 3. The van der Waals surface area contributed by atoms with Crippen LogP contribution in [0.25, 0.3) is 0 Å². The van der Waals surface area contributed by atoms with Gasteiger partial charge in [-0.2, -0.15) is 0 Å². The van der Waals surface area contributed by atoms with E-state index in [-0.39, 0.29) is 6.61 Å². The van der Waals surface area contributed by atoms with E-state index in [0.29, 0.717) is 0 Å². The molecule has 0 aliphatic rings. The van der Waals surface area contributed by atoms with Crippen molar-refractivity contribution in [3.8, 4) is 0 Å². The van der Waals surface area contributed by atoms with E-state index >= 15 is 0 Å². The average molecular weight is 192 g/mol. The SMILES string of the molecule is C[Si](C)(C=CCO)c1ccccc1. The van der Waals surface area contributed by atoms with Gasteiger partial charge in [-0.3, -0.25) is 0 Å². The van der Waals surface area contributed by atoms with E-state index in [4.69, 9.17) is 5.11 Å². The summed E-state index contributed by atoms with van der Waals surface area (Å²) >= 11 is 0. The van der Waals surface area contributed by atoms with Crippen molar-refractivity contribution < 1.29 is 5.11 Å². The number of benzene rings is 1. The number of hydrogen-bond donors (Lipinski definition) is 1. The molecule has 1 nitrogen and oxygen atoms in total. The topological polar surface area (TPSA) is 20.2 Å². The molecule has 0 amide bonds. The molecule has 0 spiro atoms. The lowest BCUT2D eigenvalue weighted by Crippen LogP contribution is -2.39. The van der Waals surface area contributed by atoms with Crippen molar-refractivity contribution in [2.75, 3.05) is 6.61 Å². The summed E-state index contributed by atoms with van der Waals surface area (Å²) in [6.45, 7) is 4.69. The lowest BCUT2D eigenvalue weighted by atomic mass is 10.4. The summed E-state index contributed by atoms with van der Waals surface area (Å²) in [6.07, 6.45) is 1.85. The zero-order valence-electron chi connectivity index (χ0n) is 8.20. The highest BCUT2D eigenvalue weighted by atomic mass is 28.3. The molecule has 1 rings (SSSR count). The van der Waals surface area contributed by atoms with Crippen LogP contribution in [0.2, 0.25) is 13.1 Å². The third-order valence-electron chi connectivity index (χ3n) is 2.16. The van der Waals surface area contributed by atoms with E-state index in [0.717, 1.165) is 0 Å². The summed E-state index contributed by atoms with van der Waals surface area (Å²) in [6, 6.07) is 10.5. The fourth-order valence-electron chi connectivity index (χ4n) is 1.31. The van der Waals surface area contributed by atoms with Gasteiger partial charge in [0.2, 0.25) is 0 Å². The van der Waals surface area contributed by atoms with Gasteiger partial charge in [-0.25, -0.2) is 0 Å². The Morgan fingerprint density at radius 3 is 2.38 bits per heavy atom. The Hall–Kier alpha value is -0.863. The zero-order valence-corrected chi connectivity index (χ0v) is 9.20. The largest absolute Gasteiger partial charge is 0.392 e. The summed E-state index contributed by atoms with van der Waals surface area (Å²) in [5.74, 6) is 0. The maximum Gasteiger partial charge on any atom is 0.103 e. The van der Waals surface area contributed by atoms with Crippen molar-refractivity contribution >= 4 is 13.3 Å². The predicted octanol–water partition coefficient (Wildman–Crippen LogP) is 1.69.